The quantitative estimate of drug-likeness (QED) is 0.282. The van der Waals surface area contributed by atoms with Crippen molar-refractivity contribution in [2.24, 2.45) is 17.8 Å². The van der Waals surface area contributed by atoms with Gasteiger partial charge in [-0.15, -0.1) is 23.5 Å². The number of benzene rings is 1. The highest BCUT2D eigenvalue weighted by Gasteiger charge is 2.32. The summed E-state index contributed by atoms with van der Waals surface area (Å²) in [5.41, 5.74) is 2.11. The van der Waals surface area contributed by atoms with Gasteiger partial charge in [-0.3, -0.25) is 0 Å². The molecule has 0 atom stereocenters. The number of hydrogen-bond donors (Lipinski definition) is 0. The third-order valence-electron chi connectivity index (χ3n) is 7.60. The summed E-state index contributed by atoms with van der Waals surface area (Å²) in [7, 11) is 0. The molecule has 31 heavy (non-hydrogen) atoms. The molecule has 3 rings (SSSR count). The topological polar surface area (TPSA) is 0 Å². The Morgan fingerprint density at radius 2 is 1.48 bits per heavy atom. The molecule has 1 heterocycles. The van der Waals surface area contributed by atoms with E-state index in [9.17, 15) is 4.39 Å². The first-order valence-electron chi connectivity index (χ1n) is 13.2. The van der Waals surface area contributed by atoms with Crippen molar-refractivity contribution in [2.75, 3.05) is 11.5 Å². The van der Waals surface area contributed by atoms with Crippen molar-refractivity contribution in [3.05, 3.63) is 35.1 Å². The lowest BCUT2D eigenvalue weighted by atomic mass is 9.75. The summed E-state index contributed by atoms with van der Waals surface area (Å²) in [4.78, 5) is 0. The molecule has 0 amide bonds. The maximum absolute atomic E-state index is 14.7. The van der Waals surface area contributed by atoms with Crippen molar-refractivity contribution in [1.29, 1.82) is 0 Å². The Labute approximate surface area is 200 Å². The zero-order chi connectivity index (χ0) is 21.9. The van der Waals surface area contributed by atoms with Crippen LogP contribution in [0, 0.1) is 23.6 Å². The van der Waals surface area contributed by atoms with E-state index in [0.29, 0.717) is 4.58 Å². The lowest BCUT2D eigenvalue weighted by Gasteiger charge is -2.37. The fourth-order valence-corrected chi connectivity index (χ4v) is 8.75. The molecule has 3 heteroatoms. The van der Waals surface area contributed by atoms with E-state index in [0.717, 1.165) is 36.2 Å². The van der Waals surface area contributed by atoms with Crippen molar-refractivity contribution in [3.63, 3.8) is 0 Å². The average Bonchev–Trinajstić information content (AvgIpc) is 2.80. The molecular formula is C28H45FS2. The minimum absolute atomic E-state index is 0.0257. The molecule has 1 aliphatic heterocycles. The van der Waals surface area contributed by atoms with Gasteiger partial charge in [0.25, 0.3) is 0 Å². The second-order valence-corrected chi connectivity index (χ2v) is 12.6. The largest absolute Gasteiger partial charge is 0.207 e. The summed E-state index contributed by atoms with van der Waals surface area (Å²) in [5, 5.41) is 0. The molecule has 0 unspecified atom stereocenters. The van der Waals surface area contributed by atoms with Gasteiger partial charge in [-0.1, -0.05) is 90.2 Å². The van der Waals surface area contributed by atoms with Gasteiger partial charge in [-0.25, -0.2) is 4.39 Å². The second kappa shape index (κ2) is 14.2. The molecule has 1 aromatic carbocycles. The van der Waals surface area contributed by atoms with Gasteiger partial charge in [0.1, 0.15) is 5.82 Å². The van der Waals surface area contributed by atoms with E-state index in [4.69, 9.17) is 0 Å². The van der Waals surface area contributed by atoms with Crippen LogP contribution < -0.4 is 0 Å². The summed E-state index contributed by atoms with van der Waals surface area (Å²) in [6.45, 7) is 4.54. The Bertz CT molecular complexity index is 615. The molecule has 0 spiro atoms. The lowest BCUT2D eigenvalue weighted by molar-refractivity contribution is 0.218. The van der Waals surface area contributed by atoms with Gasteiger partial charge < -0.3 is 0 Å². The predicted octanol–water partition coefficient (Wildman–Crippen LogP) is 9.82. The number of halogens is 1. The zero-order valence-corrected chi connectivity index (χ0v) is 21.7. The number of unbranched alkanes of at least 4 members (excludes halogenated alkanes) is 6. The highest BCUT2D eigenvalue weighted by atomic mass is 32.2. The van der Waals surface area contributed by atoms with E-state index in [1.807, 2.05) is 6.07 Å². The van der Waals surface area contributed by atoms with Gasteiger partial charge in [0.2, 0.25) is 0 Å². The highest BCUT2D eigenvalue weighted by Crippen LogP contribution is 2.49. The van der Waals surface area contributed by atoms with Crippen LogP contribution in [0.5, 0.6) is 0 Å². The smallest absolute Gasteiger partial charge is 0.126 e. The third-order valence-corrected chi connectivity index (χ3v) is 10.8. The van der Waals surface area contributed by atoms with Crippen LogP contribution in [0.25, 0.3) is 0 Å². The summed E-state index contributed by atoms with van der Waals surface area (Å²) in [5.74, 6) is 5.38. The fraction of sp³-hybridized carbons (Fsp3) is 0.786. The van der Waals surface area contributed by atoms with Crippen LogP contribution in [0.2, 0.25) is 0 Å². The third kappa shape index (κ3) is 8.29. The number of rotatable bonds is 12. The van der Waals surface area contributed by atoms with Crippen molar-refractivity contribution >= 4 is 23.5 Å². The SMILES string of the molecule is CCCCCCCc1ccc(C2SCC(C3CCC(CCCCC)CC3)CS2)cc1F. The molecule has 1 saturated heterocycles. The first-order chi connectivity index (χ1) is 15.2. The Morgan fingerprint density at radius 3 is 2.16 bits per heavy atom. The van der Waals surface area contributed by atoms with Crippen LogP contribution in [-0.2, 0) is 6.42 Å². The lowest BCUT2D eigenvalue weighted by Crippen LogP contribution is -2.27. The molecule has 2 aliphatic rings. The van der Waals surface area contributed by atoms with Gasteiger partial charge in [0.15, 0.2) is 0 Å². The number of thioether (sulfide) groups is 2. The van der Waals surface area contributed by atoms with Gasteiger partial charge in [0.05, 0.1) is 4.58 Å². The van der Waals surface area contributed by atoms with Crippen LogP contribution in [0.4, 0.5) is 4.39 Å². The van der Waals surface area contributed by atoms with E-state index in [1.54, 1.807) is 0 Å². The van der Waals surface area contributed by atoms with E-state index in [2.05, 4.69) is 49.5 Å². The molecule has 0 radical (unpaired) electrons. The van der Waals surface area contributed by atoms with Gasteiger partial charge in [-0.2, -0.15) is 0 Å². The van der Waals surface area contributed by atoms with Gasteiger partial charge in [0, 0.05) is 0 Å². The van der Waals surface area contributed by atoms with Crippen LogP contribution in [-0.4, -0.2) is 11.5 Å². The molecule has 0 aromatic heterocycles. The molecule has 176 valence electrons. The van der Waals surface area contributed by atoms with E-state index in [1.165, 1.54) is 94.1 Å². The molecule has 1 saturated carbocycles. The Morgan fingerprint density at radius 1 is 0.806 bits per heavy atom. The number of aryl methyl sites for hydroxylation is 1. The molecule has 0 bridgehead atoms. The molecule has 1 aliphatic carbocycles. The fourth-order valence-electron chi connectivity index (χ4n) is 5.45. The first-order valence-corrected chi connectivity index (χ1v) is 15.3. The molecule has 1 aromatic rings. The van der Waals surface area contributed by atoms with Gasteiger partial charge >= 0.3 is 0 Å². The van der Waals surface area contributed by atoms with Crippen molar-refractivity contribution < 1.29 is 4.39 Å². The molecule has 0 nitrogen and oxygen atoms in total. The summed E-state index contributed by atoms with van der Waals surface area (Å²) >= 11 is 4.15. The molecule has 0 N–H and O–H groups in total. The minimum atomic E-state index is 0.0257. The predicted molar refractivity (Wildman–Crippen MR) is 140 cm³/mol. The summed E-state index contributed by atoms with van der Waals surface area (Å²) in [6, 6.07) is 6.11. The van der Waals surface area contributed by atoms with Crippen LogP contribution >= 0.6 is 23.5 Å². The first kappa shape index (κ1) is 25.5. The van der Waals surface area contributed by atoms with E-state index in [-0.39, 0.29) is 5.82 Å². The summed E-state index contributed by atoms with van der Waals surface area (Å²) < 4.78 is 15.1. The van der Waals surface area contributed by atoms with E-state index < -0.39 is 0 Å². The number of hydrogen-bond acceptors (Lipinski definition) is 2. The Hall–Kier alpha value is -0.150. The Kier molecular flexibility index (Phi) is 11.7. The van der Waals surface area contributed by atoms with Crippen molar-refractivity contribution in [1.82, 2.24) is 0 Å². The van der Waals surface area contributed by atoms with Crippen LogP contribution in [0.1, 0.15) is 113 Å². The van der Waals surface area contributed by atoms with Crippen molar-refractivity contribution in [3.8, 4) is 0 Å². The van der Waals surface area contributed by atoms with Crippen LogP contribution in [0.15, 0.2) is 18.2 Å². The zero-order valence-electron chi connectivity index (χ0n) is 20.0. The van der Waals surface area contributed by atoms with Crippen molar-refractivity contribution in [2.45, 2.75) is 108 Å². The van der Waals surface area contributed by atoms with Crippen LogP contribution in [0.3, 0.4) is 0 Å². The van der Waals surface area contributed by atoms with E-state index >= 15 is 0 Å². The standard InChI is InChI=1S/C28H45FS2/c1-3-5-7-8-10-12-24-17-18-25(19-27(24)29)28-30-20-26(21-31-28)23-15-13-22(14-16-23)11-9-6-4-2/h17-19,22-23,26,28H,3-16,20-21H2,1-2H3. The van der Waals surface area contributed by atoms with Gasteiger partial charge in [-0.05, 0) is 72.1 Å². The Balaban J connectivity index is 1.39. The highest BCUT2D eigenvalue weighted by molar-refractivity contribution is 8.16. The average molecular weight is 465 g/mol. The maximum Gasteiger partial charge on any atom is 0.126 e. The summed E-state index contributed by atoms with van der Waals surface area (Å²) in [6.07, 6.45) is 18.6. The maximum atomic E-state index is 14.7. The second-order valence-electron chi connectivity index (χ2n) is 10.1. The normalized spacial score (nSPS) is 26.8. The monoisotopic (exact) mass is 464 g/mol. The minimum Gasteiger partial charge on any atom is -0.207 e. The molecular weight excluding hydrogens is 419 g/mol. The molecule has 2 fully saturated rings.